The summed E-state index contributed by atoms with van der Waals surface area (Å²) in [4.78, 5) is 55.2. The van der Waals surface area contributed by atoms with E-state index in [4.69, 9.17) is 5.73 Å². The molecule has 2 aliphatic rings. The van der Waals surface area contributed by atoms with E-state index in [0.717, 1.165) is 22.2 Å². The first-order valence-electron chi connectivity index (χ1n) is 13.2. The number of aromatic nitrogens is 2. The first-order valence-corrected chi connectivity index (χ1v) is 13.2. The standard InChI is InChI=1S/C28H34N8O4/c1-4-13-33-18-25(38)35-19(2)27(39)32(15-21-11-8-12-22-26(21)34(31(22)3)16-23(29)37)17-24(35)36(33)28(40)30-14-20-9-6-5-7-10-20/h4-12,19,24H,1,13-18H2,2-3H3,(H2,29,37)(H,30,40)/t19-,24-/m0/s1. The highest BCUT2D eigenvalue weighted by atomic mass is 16.2. The molecule has 2 atom stereocenters. The zero-order chi connectivity index (χ0) is 28.6. The molecule has 0 radical (unpaired) electrons. The van der Waals surface area contributed by atoms with E-state index in [0.29, 0.717) is 6.54 Å². The zero-order valence-corrected chi connectivity index (χ0v) is 22.7. The third kappa shape index (κ3) is 4.81. The van der Waals surface area contributed by atoms with Crippen molar-refractivity contribution in [1.29, 1.82) is 0 Å². The lowest BCUT2D eigenvalue weighted by Gasteiger charge is -2.54. The summed E-state index contributed by atoms with van der Waals surface area (Å²) in [6, 6.07) is 14.2. The fourth-order valence-electron chi connectivity index (χ4n) is 5.70. The second-order valence-corrected chi connectivity index (χ2v) is 10.1. The summed E-state index contributed by atoms with van der Waals surface area (Å²) >= 11 is 0. The molecular weight excluding hydrogens is 512 g/mol. The number of piperazine rings is 1. The van der Waals surface area contributed by atoms with Gasteiger partial charge in [0.1, 0.15) is 18.8 Å². The van der Waals surface area contributed by atoms with Crippen LogP contribution in [-0.4, -0.2) is 84.8 Å². The van der Waals surface area contributed by atoms with Gasteiger partial charge < -0.3 is 20.9 Å². The van der Waals surface area contributed by atoms with Crippen LogP contribution in [0.3, 0.4) is 0 Å². The summed E-state index contributed by atoms with van der Waals surface area (Å²) < 4.78 is 3.62. The third-order valence-electron chi connectivity index (χ3n) is 7.55. The number of hydrazine groups is 1. The Kier molecular flexibility index (Phi) is 7.35. The maximum absolute atomic E-state index is 13.6. The minimum absolute atomic E-state index is 0.0155. The predicted octanol–water partition coefficient (Wildman–Crippen LogP) is 0.979. The van der Waals surface area contributed by atoms with Crippen LogP contribution in [0.25, 0.3) is 11.0 Å². The van der Waals surface area contributed by atoms with Gasteiger partial charge in [0.2, 0.25) is 17.7 Å². The fraction of sp³-hybridized carbons (Fsp3) is 0.357. The lowest BCUT2D eigenvalue weighted by molar-refractivity contribution is -0.188. The van der Waals surface area contributed by atoms with E-state index in [-0.39, 0.29) is 50.6 Å². The van der Waals surface area contributed by atoms with Crippen molar-refractivity contribution in [3.8, 4) is 0 Å². The molecule has 1 aromatic heterocycles. The number of hydrogen-bond donors (Lipinski definition) is 2. The summed E-state index contributed by atoms with van der Waals surface area (Å²) in [5.74, 6) is -0.901. The molecule has 3 N–H and O–H groups in total. The van der Waals surface area contributed by atoms with E-state index in [9.17, 15) is 19.2 Å². The fourth-order valence-corrected chi connectivity index (χ4v) is 5.70. The second-order valence-electron chi connectivity index (χ2n) is 10.1. The van der Waals surface area contributed by atoms with Crippen molar-refractivity contribution < 1.29 is 19.2 Å². The van der Waals surface area contributed by atoms with Crippen molar-refractivity contribution >= 4 is 34.8 Å². The number of amides is 5. The molecular formula is C28H34N8O4. The van der Waals surface area contributed by atoms with E-state index in [1.165, 1.54) is 4.90 Å². The maximum atomic E-state index is 13.6. The van der Waals surface area contributed by atoms with Crippen LogP contribution < -0.4 is 11.1 Å². The van der Waals surface area contributed by atoms with Crippen molar-refractivity contribution in [1.82, 2.24) is 34.5 Å². The van der Waals surface area contributed by atoms with Gasteiger partial charge >= 0.3 is 6.03 Å². The Bertz CT molecular complexity index is 1460. The van der Waals surface area contributed by atoms with E-state index in [2.05, 4.69) is 11.9 Å². The molecule has 3 heterocycles. The number of rotatable bonds is 8. The summed E-state index contributed by atoms with van der Waals surface area (Å²) in [6.45, 7) is 6.43. The highest BCUT2D eigenvalue weighted by Crippen LogP contribution is 2.29. The molecule has 2 fully saturated rings. The number of primary amides is 1. The number of urea groups is 1. The lowest BCUT2D eigenvalue weighted by Crippen LogP contribution is -2.75. The van der Waals surface area contributed by atoms with Gasteiger partial charge in [-0.1, -0.05) is 48.5 Å². The van der Waals surface area contributed by atoms with E-state index >= 15 is 0 Å². The van der Waals surface area contributed by atoms with Gasteiger partial charge in [-0.2, -0.15) is 0 Å². The van der Waals surface area contributed by atoms with Crippen LogP contribution in [-0.2, 0) is 41.1 Å². The molecule has 0 aliphatic carbocycles. The van der Waals surface area contributed by atoms with Crippen LogP contribution in [0.2, 0.25) is 0 Å². The van der Waals surface area contributed by atoms with Crippen molar-refractivity contribution in [2.24, 2.45) is 12.8 Å². The molecule has 2 aliphatic heterocycles. The van der Waals surface area contributed by atoms with Crippen LogP contribution >= 0.6 is 0 Å². The molecule has 210 valence electrons. The van der Waals surface area contributed by atoms with Crippen molar-refractivity contribution in [2.75, 3.05) is 19.6 Å². The van der Waals surface area contributed by atoms with Gasteiger partial charge in [-0.25, -0.2) is 14.8 Å². The van der Waals surface area contributed by atoms with E-state index < -0.39 is 18.1 Å². The molecule has 0 spiro atoms. The van der Waals surface area contributed by atoms with Gasteiger partial charge in [0, 0.05) is 26.7 Å². The molecule has 5 amide bonds. The van der Waals surface area contributed by atoms with Gasteiger partial charge in [-0.05, 0) is 24.1 Å². The maximum Gasteiger partial charge on any atom is 0.334 e. The number of nitrogens with two attached hydrogens (primary N) is 1. The highest BCUT2D eigenvalue weighted by Gasteiger charge is 2.49. The SMILES string of the molecule is C=CCN1CC(=O)N2[C@@H](C)C(=O)N(Cc3cccc4c3n(CC(N)=O)n4C)C[C@@H]2N1C(=O)NCc1ccccc1. The average Bonchev–Trinajstić information content (AvgIpc) is 2.93. The lowest BCUT2D eigenvalue weighted by atomic mass is 10.1. The first-order chi connectivity index (χ1) is 19.2. The monoisotopic (exact) mass is 546 g/mol. The zero-order valence-electron chi connectivity index (χ0n) is 22.7. The second kappa shape index (κ2) is 10.9. The molecule has 0 saturated carbocycles. The van der Waals surface area contributed by atoms with Crippen LogP contribution in [0.15, 0.2) is 61.2 Å². The summed E-state index contributed by atoms with van der Waals surface area (Å²) in [5.41, 5.74) is 9.00. The Morgan fingerprint density at radius 3 is 2.58 bits per heavy atom. The minimum Gasteiger partial charge on any atom is -0.368 e. The number of benzene rings is 2. The van der Waals surface area contributed by atoms with Crippen LogP contribution in [0, 0.1) is 0 Å². The summed E-state index contributed by atoms with van der Waals surface area (Å²) in [7, 11) is 1.84. The van der Waals surface area contributed by atoms with Gasteiger partial charge in [0.15, 0.2) is 0 Å². The molecule has 2 aromatic carbocycles. The summed E-state index contributed by atoms with van der Waals surface area (Å²) in [5, 5.41) is 6.17. The first kappa shape index (κ1) is 27.0. The van der Waals surface area contributed by atoms with Crippen LogP contribution in [0.1, 0.15) is 18.1 Å². The number of hydrogen-bond acceptors (Lipinski definition) is 5. The Morgan fingerprint density at radius 1 is 1.12 bits per heavy atom. The largest absolute Gasteiger partial charge is 0.368 e. The Morgan fingerprint density at radius 2 is 1.88 bits per heavy atom. The van der Waals surface area contributed by atoms with Gasteiger partial charge in [-0.3, -0.25) is 23.7 Å². The van der Waals surface area contributed by atoms with E-state index in [1.54, 1.807) is 32.6 Å². The van der Waals surface area contributed by atoms with Crippen LogP contribution in [0.4, 0.5) is 4.79 Å². The smallest absolute Gasteiger partial charge is 0.334 e. The van der Waals surface area contributed by atoms with Gasteiger partial charge in [-0.15, -0.1) is 6.58 Å². The van der Waals surface area contributed by atoms with Crippen molar-refractivity contribution in [2.45, 2.75) is 38.8 Å². The van der Waals surface area contributed by atoms with E-state index in [1.807, 2.05) is 60.3 Å². The van der Waals surface area contributed by atoms with Gasteiger partial charge in [0.05, 0.1) is 24.1 Å². The number of para-hydroxylation sites is 1. The van der Waals surface area contributed by atoms with Crippen molar-refractivity contribution in [3.05, 3.63) is 72.3 Å². The highest BCUT2D eigenvalue weighted by molar-refractivity contribution is 5.92. The third-order valence-corrected chi connectivity index (χ3v) is 7.55. The topological polar surface area (TPSA) is 129 Å². The van der Waals surface area contributed by atoms with Gasteiger partial charge in [0.25, 0.3) is 0 Å². The Hall–Kier alpha value is -4.58. The van der Waals surface area contributed by atoms with Crippen LogP contribution in [0.5, 0.6) is 0 Å². The normalized spacial score (nSPS) is 19.7. The molecule has 5 rings (SSSR count). The Labute approximate surface area is 232 Å². The molecule has 12 heteroatoms. The van der Waals surface area contributed by atoms with Crippen molar-refractivity contribution in [3.63, 3.8) is 0 Å². The number of nitrogens with zero attached hydrogens (tertiary/aromatic N) is 6. The minimum atomic E-state index is -0.763. The molecule has 2 saturated heterocycles. The predicted molar refractivity (Wildman–Crippen MR) is 148 cm³/mol. The average molecular weight is 547 g/mol. The number of aryl methyl sites for hydroxylation is 1. The number of carbonyl (C=O) groups is 4. The molecule has 3 aromatic rings. The molecule has 40 heavy (non-hydrogen) atoms. The molecule has 0 unspecified atom stereocenters. The number of carbonyl (C=O) groups excluding carboxylic acids is 4. The summed E-state index contributed by atoms with van der Waals surface area (Å²) in [6.07, 6.45) is 0.937. The molecule has 12 nitrogen and oxygen atoms in total. The number of fused-ring (bicyclic) bond motifs is 2. The Balaban J connectivity index is 1.44. The molecule has 0 bridgehead atoms. The number of nitrogens with one attached hydrogen (secondary N) is 1. The quantitative estimate of drug-likeness (QED) is 0.407.